The van der Waals surface area contributed by atoms with Gasteiger partial charge in [-0.1, -0.05) is 13.8 Å². The lowest BCUT2D eigenvalue weighted by Gasteiger charge is -2.31. The molecule has 0 spiro atoms. The number of hydrogen-bond acceptors (Lipinski definition) is 7. The van der Waals surface area contributed by atoms with Crippen LogP contribution in [0.3, 0.4) is 0 Å². The van der Waals surface area contributed by atoms with Crippen LogP contribution in [0, 0.1) is 0 Å². The van der Waals surface area contributed by atoms with Crippen LogP contribution in [-0.4, -0.2) is 69.8 Å². The fraction of sp³-hybridized carbons (Fsp3) is 0.688. The van der Waals surface area contributed by atoms with Gasteiger partial charge in [-0.05, 0) is 12.0 Å². The van der Waals surface area contributed by atoms with Crippen LogP contribution in [0.1, 0.15) is 25.3 Å². The van der Waals surface area contributed by atoms with Crippen LogP contribution in [0.4, 0.5) is 43.9 Å². The summed E-state index contributed by atoms with van der Waals surface area (Å²) in [5.41, 5.74) is 1.29. The van der Waals surface area contributed by atoms with Gasteiger partial charge in [-0.15, -0.1) is 0 Å². The molecule has 0 aliphatic rings. The van der Waals surface area contributed by atoms with E-state index in [-0.39, 0.29) is 0 Å². The molecule has 1 heterocycles. The maximum Gasteiger partial charge on any atom is 0.569 e. The first-order valence-electron chi connectivity index (χ1n) is 9.54. The summed E-state index contributed by atoms with van der Waals surface area (Å²) in [6.45, 7) is 4.35. The van der Waals surface area contributed by atoms with Crippen molar-refractivity contribution in [2.75, 3.05) is 21.3 Å². The van der Waals surface area contributed by atoms with Gasteiger partial charge in [-0.3, -0.25) is 0 Å². The third-order valence-electron chi connectivity index (χ3n) is 4.36. The van der Waals surface area contributed by atoms with Crippen molar-refractivity contribution in [2.24, 2.45) is 0 Å². The summed E-state index contributed by atoms with van der Waals surface area (Å²) in [5, 5.41) is -14.0. The second-order valence-corrected chi connectivity index (χ2v) is 13.7. The van der Waals surface area contributed by atoms with Gasteiger partial charge >= 0.3 is 31.7 Å². The van der Waals surface area contributed by atoms with Crippen LogP contribution in [-0.2, 0) is 39.5 Å². The van der Waals surface area contributed by atoms with Crippen molar-refractivity contribution in [3.8, 4) is 0 Å². The molecule has 22 heteroatoms. The van der Waals surface area contributed by atoms with Crippen molar-refractivity contribution in [3.05, 3.63) is 34.2 Å². The summed E-state index contributed by atoms with van der Waals surface area (Å²) in [6, 6.07) is 4.16. The smallest absolute Gasteiger partial charge is 0.425 e. The number of halogens is 10. The monoisotopic (exact) mass is 636 g/mol. The molecule has 0 aromatic carbocycles. The van der Waals surface area contributed by atoms with E-state index in [4.69, 9.17) is 13.3 Å². The van der Waals surface area contributed by atoms with Gasteiger partial charge in [0.1, 0.15) is 0 Å². The minimum absolute atomic E-state index is 0.422. The van der Waals surface area contributed by atoms with Gasteiger partial charge in [0.05, 0.1) is 0 Å². The van der Waals surface area contributed by atoms with Crippen molar-refractivity contribution in [1.29, 1.82) is 0 Å². The SMILES string of the molecule is CO[Si](C[n+]1cccc(C(C)C)c1)(OC)OC.O=S(=O)([N-]S(=O)(=O)C(F)(F)C(F)(F)F)C(F)(F)C(F)(F)F. The van der Waals surface area contributed by atoms with Gasteiger partial charge in [0.2, 0.25) is 6.17 Å². The largest absolute Gasteiger partial charge is 0.569 e. The Labute approximate surface area is 212 Å². The lowest BCUT2D eigenvalue weighted by atomic mass is 10.1. The van der Waals surface area contributed by atoms with Crippen LogP contribution in [0.15, 0.2) is 24.5 Å². The van der Waals surface area contributed by atoms with Crippen LogP contribution < -0.4 is 4.57 Å². The quantitative estimate of drug-likeness (QED) is 0.218. The fourth-order valence-electron chi connectivity index (χ4n) is 2.16. The molecule has 0 fully saturated rings. The van der Waals surface area contributed by atoms with Crippen molar-refractivity contribution in [1.82, 2.24) is 0 Å². The summed E-state index contributed by atoms with van der Waals surface area (Å²) in [4.78, 5) is 0. The van der Waals surface area contributed by atoms with Gasteiger partial charge in [0.25, 0.3) is 0 Å². The molecule has 0 N–H and O–H groups in total. The molecule has 1 aromatic heterocycles. The Kier molecular flexibility index (Phi) is 11.8. The third-order valence-corrected chi connectivity index (χ3v) is 10.3. The van der Waals surface area contributed by atoms with E-state index in [0.29, 0.717) is 16.2 Å². The number of pyridine rings is 1. The van der Waals surface area contributed by atoms with Gasteiger partial charge in [0, 0.05) is 33.0 Å². The van der Waals surface area contributed by atoms with Gasteiger partial charge in [-0.2, -0.15) is 48.5 Å². The molecule has 38 heavy (non-hydrogen) atoms. The number of rotatable bonds is 10. The molecule has 0 aliphatic heterocycles. The van der Waals surface area contributed by atoms with Gasteiger partial charge in [0.15, 0.2) is 32.4 Å². The highest BCUT2D eigenvalue weighted by Gasteiger charge is 2.68. The van der Waals surface area contributed by atoms with Crippen molar-refractivity contribution < 1.29 is 78.6 Å². The van der Waals surface area contributed by atoms with E-state index in [9.17, 15) is 60.7 Å². The second kappa shape index (κ2) is 12.3. The zero-order valence-electron chi connectivity index (χ0n) is 19.9. The number of alkyl halides is 10. The lowest BCUT2D eigenvalue weighted by molar-refractivity contribution is -0.685. The van der Waals surface area contributed by atoms with E-state index in [2.05, 4.69) is 30.7 Å². The normalized spacial score (nSPS) is 14.3. The molecule has 0 saturated carbocycles. The van der Waals surface area contributed by atoms with Crippen LogP contribution >= 0.6 is 0 Å². The first kappa shape index (κ1) is 36.4. The van der Waals surface area contributed by atoms with Gasteiger partial charge < -0.3 is 17.4 Å². The van der Waals surface area contributed by atoms with E-state index in [1.807, 2.05) is 12.3 Å². The summed E-state index contributed by atoms with van der Waals surface area (Å²) >= 11 is 0. The van der Waals surface area contributed by atoms with E-state index >= 15 is 0 Å². The summed E-state index contributed by atoms with van der Waals surface area (Å²) in [7, 11) is -12.9. The van der Waals surface area contributed by atoms with E-state index in [0.717, 1.165) is 0 Å². The molecule has 224 valence electrons. The maximum atomic E-state index is 12.3. The molecular formula is C16H22F10N2O7S2Si. The molecule has 0 saturated heterocycles. The highest BCUT2D eigenvalue weighted by atomic mass is 32.3. The molecule has 1 aromatic rings. The highest BCUT2D eigenvalue weighted by Crippen LogP contribution is 2.47. The van der Waals surface area contributed by atoms with E-state index < -0.39 is 51.7 Å². The topological polar surface area (TPSA) is 114 Å². The average Bonchev–Trinajstić information content (AvgIpc) is 2.75. The minimum atomic E-state index is -7.62. The number of aromatic nitrogens is 1. The predicted molar refractivity (Wildman–Crippen MR) is 111 cm³/mol. The first-order valence-corrected chi connectivity index (χ1v) is 14.4. The predicted octanol–water partition coefficient (Wildman–Crippen LogP) is 3.84. The Hall–Kier alpha value is -1.59. The minimum Gasteiger partial charge on any atom is -0.425 e. The molecule has 0 atom stereocenters. The molecule has 0 aliphatic carbocycles. The Morgan fingerprint density at radius 2 is 1.18 bits per heavy atom. The zero-order chi connectivity index (χ0) is 30.6. The summed E-state index contributed by atoms with van der Waals surface area (Å²) < 4.78 is 179. The van der Waals surface area contributed by atoms with Crippen molar-refractivity contribution in [2.45, 2.75) is 48.8 Å². The Morgan fingerprint density at radius 1 is 0.816 bits per heavy atom. The molecule has 1 rings (SSSR count). The second-order valence-electron chi connectivity index (χ2n) is 7.31. The number of hydrogen-bond donors (Lipinski definition) is 0. The van der Waals surface area contributed by atoms with Crippen LogP contribution in [0.5, 0.6) is 0 Å². The lowest BCUT2D eigenvalue weighted by Crippen LogP contribution is -2.56. The number of sulfonamides is 2. The van der Waals surface area contributed by atoms with Gasteiger partial charge in [-0.25, -0.2) is 16.8 Å². The average molecular weight is 637 g/mol. The zero-order valence-corrected chi connectivity index (χ0v) is 22.6. The molecule has 0 amide bonds. The molecule has 9 nitrogen and oxygen atoms in total. The Bertz CT molecular complexity index is 1080. The molecule has 0 unspecified atom stereocenters. The molecule has 0 radical (unpaired) electrons. The Balaban J connectivity index is 0.000000735. The first-order chi connectivity index (χ1) is 16.8. The van der Waals surface area contributed by atoms with Crippen molar-refractivity contribution in [3.63, 3.8) is 0 Å². The van der Waals surface area contributed by atoms with E-state index in [1.54, 1.807) is 21.3 Å². The fourth-order valence-corrected chi connectivity index (χ4v) is 6.06. The molecular weight excluding hydrogens is 614 g/mol. The molecule has 0 bridgehead atoms. The van der Waals surface area contributed by atoms with E-state index in [1.165, 1.54) is 5.56 Å². The maximum absolute atomic E-state index is 12.3. The Morgan fingerprint density at radius 3 is 1.47 bits per heavy atom. The summed E-state index contributed by atoms with van der Waals surface area (Å²) in [5.74, 6) is 0.506. The highest BCUT2D eigenvalue weighted by molar-refractivity contribution is 8.13. The third kappa shape index (κ3) is 8.21. The van der Waals surface area contributed by atoms with Crippen LogP contribution in [0.25, 0.3) is 4.13 Å². The standard InChI is InChI=1S/C12H22NO3Si.C4F10NO4S2/c1-11(2)12-7-6-8-13(9-12)10-17(14-3,15-4)16-5;5-1(6,7)3(11,12)20(16,17)15-21(18,19)4(13,14)2(8,9)10/h6-9,11H,10H2,1-5H3;/q+1;-1. The summed E-state index contributed by atoms with van der Waals surface area (Å²) in [6.07, 6.45) is -9.26. The van der Waals surface area contributed by atoms with Crippen molar-refractivity contribution >= 4 is 28.9 Å². The van der Waals surface area contributed by atoms with Crippen LogP contribution in [0.2, 0.25) is 0 Å². The number of nitrogens with zero attached hydrogens (tertiary/aromatic N) is 2.